The molecule has 1 aromatic carbocycles. The fraction of sp³-hybridized carbons (Fsp3) is 0.682. The second-order valence-electron chi connectivity index (χ2n) is 8.75. The quantitative estimate of drug-likeness (QED) is 0.753. The maximum atomic E-state index is 13.0. The second-order valence-corrected chi connectivity index (χ2v) is 10.6. The fourth-order valence-electron chi connectivity index (χ4n) is 5.06. The fourth-order valence-corrected chi connectivity index (χ4v) is 6.76. The predicted molar refractivity (Wildman–Crippen MR) is 113 cm³/mol. The Bertz CT molecular complexity index is 810. The third-order valence-corrected chi connectivity index (χ3v) is 8.89. The summed E-state index contributed by atoms with van der Waals surface area (Å²) in [5.74, 6) is 0.0140. The maximum Gasteiger partial charge on any atom is 0.253 e. The lowest BCUT2D eigenvalue weighted by molar-refractivity contribution is 0.0644. The Kier molecular flexibility index (Phi) is 6.27. The van der Waals surface area contributed by atoms with Crippen molar-refractivity contribution >= 4 is 15.9 Å². The van der Waals surface area contributed by atoms with Crippen molar-refractivity contribution in [2.45, 2.75) is 68.8 Å². The van der Waals surface area contributed by atoms with Gasteiger partial charge in [-0.2, -0.15) is 4.31 Å². The molecule has 0 bridgehead atoms. The van der Waals surface area contributed by atoms with Crippen LogP contribution in [0.25, 0.3) is 0 Å². The van der Waals surface area contributed by atoms with Crippen LogP contribution >= 0.6 is 0 Å². The number of piperidine rings is 2. The van der Waals surface area contributed by atoms with E-state index >= 15 is 0 Å². The van der Waals surface area contributed by atoms with Gasteiger partial charge in [0.25, 0.3) is 5.91 Å². The van der Waals surface area contributed by atoms with Gasteiger partial charge in [-0.3, -0.25) is 4.79 Å². The monoisotopic (exact) mass is 419 g/mol. The Morgan fingerprint density at radius 1 is 0.862 bits per heavy atom. The van der Waals surface area contributed by atoms with Crippen molar-refractivity contribution in [2.75, 3.05) is 32.7 Å². The van der Waals surface area contributed by atoms with Crippen molar-refractivity contribution in [1.29, 1.82) is 0 Å². The van der Waals surface area contributed by atoms with Gasteiger partial charge in [0.05, 0.1) is 4.90 Å². The summed E-state index contributed by atoms with van der Waals surface area (Å²) in [5, 5.41) is 0. The summed E-state index contributed by atoms with van der Waals surface area (Å²) in [6.45, 7) is 6.52. The van der Waals surface area contributed by atoms with E-state index in [0.29, 0.717) is 18.2 Å². The first kappa shape index (κ1) is 20.8. The van der Waals surface area contributed by atoms with Crippen LogP contribution in [0.4, 0.5) is 0 Å². The van der Waals surface area contributed by atoms with Crippen LogP contribution in [-0.2, 0) is 10.0 Å². The molecule has 3 aliphatic rings. The second kappa shape index (κ2) is 8.74. The number of benzene rings is 1. The highest BCUT2D eigenvalue weighted by atomic mass is 32.2. The van der Waals surface area contributed by atoms with Crippen LogP contribution in [-0.4, -0.2) is 73.2 Å². The molecule has 1 aromatic rings. The molecular weight excluding hydrogens is 386 g/mol. The van der Waals surface area contributed by atoms with E-state index < -0.39 is 10.0 Å². The van der Waals surface area contributed by atoms with Gasteiger partial charge >= 0.3 is 0 Å². The first-order valence-corrected chi connectivity index (χ1v) is 12.6. The summed E-state index contributed by atoms with van der Waals surface area (Å²) >= 11 is 0. The van der Waals surface area contributed by atoms with Gasteiger partial charge in [0.2, 0.25) is 10.0 Å². The number of rotatable bonds is 4. The number of hydrogen-bond acceptors (Lipinski definition) is 4. The van der Waals surface area contributed by atoms with Crippen LogP contribution in [0.3, 0.4) is 0 Å². The summed E-state index contributed by atoms with van der Waals surface area (Å²) in [6.07, 6.45) is 7.55. The summed E-state index contributed by atoms with van der Waals surface area (Å²) < 4.78 is 27.5. The van der Waals surface area contributed by atoms with E-state index in [2.05, 4.69) is 4.90 Å². The molecule has 7 heteroatoms. The molecule has 4 rings (SSSR count). The van der Waals surface area contributed by atoms with E-state index in [-0.39, 0.29) is 16.8 Å². The summed E-state index contributed by atoms with van der Waals surface area (Å²) in [4.78, 5) is 17.7. The van der Waals surface area contributed by atoms with Gasteiger partial charge in [-0.25, -0.2) is 8.42 Å². The van der Waals surface area contributed by atoms with E-state index in [0.717, 1.165) is 45.2 Å². The Morgan fingerprint density at radius 3 is 2.10 bits per heavy atom. The molecule has 0 N–H and O–H groups in total. The topological polar surface area (TPSA) is 60.9 Å². The van der Waals surface area contributed by atoms with Crippen molar-refractivity contribution < 1.29 is 13.2 Å². The van der Waals surface area contributed by atoms with Crippen LogP contribution in [0, 0.1) is 0 Å². The molecule has 1 amide bonds. The minimum atomic E-state index is -3.49. The molecule has 0 aromatic heterocycles. The lowest BCUT2D eigenvalue weighted by Crippen LogP contribution is -2.45. The van der Waals surface area contributed by atoms with Gasteiger partial charge in [0.15, 0.2) is 0 Å². The van der Waals surface area contributed by atoms with Gasteiger partial charge < -0.3 is 9.80 Å². The number of likely N-dealkylation sites (tertiary alicyclic amines) is 2. The van der Waals surface area contributed by atoms with Crippen LogP contribution in [0.5, 0.6) is 0 Å². The zero-order chi connectivity index (χ0) is 20.4. The third kappa shape index (κ3) is 4.37. The van der Waals surface area contributed by atoms with Crippen molar-refractivity contribution in [3.8, 4) is 0 Å². The minimum absolute atomic E-state index is 0.0140. The SMILES string of the molecule is CC1CCCCN1S(=O)(=O)c1ccc(C(=O)N2CCC(N3CCCC3)CC2)cc1. The van der Waals surface area contributed by atoms with Gasteiger partial charge in [0.1, 0.15) is 0 Å². The van der Waals surface area contributed by atoms with Crippen LogP contribution in [0.15, 0.2) is 29.2 Å². The molecule has 1 unspecified atom stereocenters. The molecule has 3 heterocycles. The van der Waals surface area contributed by atoms with Crippen molar-refractivity contribution in [3.05, 3.63) is 29.8 Å². The summed E-state index contributed by atoms with van der Waals surface area (Å²) in [7, 11) is -3.49. The molecule has 0 spiro atoms. The van der Waals surface area contributed by atoms with Crippen molar-refractivity contribution in [3.63, 3.8) is 0 Å². The van der Waals surface area contributed by atoms with Gasteiger partial charge in [-0.15, -0.1) is 0 Å². The highest BCUT2D eigenvalue weighted by molar-refractivity contribution is 7.89. The normalized spacial score (nSPS) is 25.4. The zero-order valence-corrected chi connectivity index (χ0v) is 18.2. The lowest BCUT2D eigenvalue weighted by atomic mass is 10.0. The lowest BCUT2D eigenvalue weighted by Gasteiger charge is -2.36. The van der Waals surface area contributed by atoms with E-state index in [1.54, 1.807) is 28.6 Å². The molecule has 3 fully saturated rings. The van der Waals surface area contributed by atoms with Crippen molar-refractivity contribution in [2.24, 2.45) is 0 Å². The Labute approximate surface area is 174 Å². The van der Waals surface area contributed by atoms with Gasteiger partial charge in [0, 0.05) is 37.3 Å². The van der Waals surface area contributed by atoms with E-state index in [9.17, 15) is 13.2 Å². The molecule has 6 nitrogen and oxygen atoms in total. The largest absolute Gasteiger partial charge is 0.339 e. The number of hydrogen-bond donors (Lipinski definition) is 0. The molecular formula is C22H33N3O3S. The van der Waals surface area contributed by atoms with E-state index in [4.69, 9.17) is 0 Å². The van der Waals surface area contributed by atoms with E-state index in [1.807, 2.05) is 11.8 Å². The van der Waals surface area contributed by atoms with Crippen molar-refractivity contribution in [1.82, 2.24) is 14.1 Å². The number of sulfonamides is 1. The zero-order valence-electron chi connectivity index (χ0n) is 17.4. The number of carbonyl (C=O) groups excluding carboxylic acids is 1. The molecule has 1 atom stereocenters. The Balaban J connectivity index is 1.39. The molecule has 29 heavy (non-hydrogen) atoms. The average molecular weight is 420 g/mol. The predicted octanol–water partition coefficient (Wildman–Crippen LogP) is 2.95. The molecule has 3 aliphatic heterocycles. The van der Waals surface area contributed by atoms with Crippen LogP contribution in [0.1, 0.15) is 62.2 Å². The molecule has 0 radical (unpaired) electrons. The number of amides is 1. The summed E-state index contributed by atoms with van der Waals surface area (Å²) in [6, 6.07) is 7.20. The Hall–Kier alpha value is -1.44. The molecule has 0 saturated carbocycles. The van der Waals surface area contributed by atoms with Crippen LogP contribution < -0.4 is 0 Å². The van der Waals surface area contributed by atoms with Gasteiger partial charge in [-0.1, -0.05) is 6.42 Å². The highest BCUT2D eigenvalue weighted by Crippen LogP contribution is 2.26. The van der Waals surface area contributed by atoms with Gasteiger partial charge in [-0.05, 0) is 82.8 Å². The standard InChI is InChI=1S/C22H33N3O3S/c1-18-6-2-3-15-25(18)29(27,28)21-9-7-19(8-10-21)22(26)24-16-11-20(12-17-24)23-13-4-5-14-23/h7-10,18,20H,2-6,11-17H2,1H3. The van der Waals surface area contributed by atoms with Crippen LogP contribution in [0.2, 0.25) is 0 Å². The highest BCUT2D eigenvalue weighted by Gasteiger charge is 2.32. The summed E-state index contributed by atoms with van der Waals surface area (Å²) in [5.41, 5.74) is 0.579. The Morgan fingerprint density at radius 2 is 1.48 bits per heavy atom. The third-order valence-electron chi connectivity index (χ3n) is 6.86. The maximum absolute atomic E-state index is 13.0. The minimum Gasteiger partial charge on any atom is -0.339 e. The number of carbonyl (C=O) groups is 1. The molecule has 160 valence electrons. The molecule has 0 aliphatic carbocycles. The smallest absolute Gasteiger partial charge is 0.253 e. The first-order chi connectivity index (χ1) is 14.0. The first-order valence-electron chi connectivity index (χ1n) is 11.1. The average Bonchev–Trinajstić information content (AvgIpc) is 3.28. The number of nitrogens with zero attached hydrogens (tertiary/aromatic N) is 3. The molecule has 3 saturated heterocycles. The van der Waals surface area contributed by atoms with E-state index in [1.165, 1.54) is 25.9 Å².